The molecule has 20 heavy (non-hydrogen) atoms. The van der Waals surface area contributed by atoms with E-state index in [1.807, 2.05) is 32.0 Å². The summed E-state index contributed by atoms with van der Waals surface area (Å²) < 4.78 is 5.86. The van der Waals surface area contributed by atoms with Crippen molar-refractivity contribution in [2.45, 2.75) is 51.6 Å². The molecule has 4 nitrogen and oxygen atoms in total. The molecule has 1 aliphatic carbocycles. The van der Waals surface area contributed by atoms with Crippen LogP contribution in [0.4, 0.5) is 0 Å². The number of hydrogen-bond acceptors (Lipinski definition) is 4. The average Bonchev–Trinajstić information content (AvgIpc) is 2.51. The first-order chi connectivity index (χ1) is 9.63. The Morgan fingerprint density at radius 2 is 2.00 bits per heavy atom. The number of ether oxygens (including phenoxy) is 1. The molecule has 0 saturated heterocycles. The molecule has 4 heteroatoms. The van der Waals surface area contributed by atoms with Crippen LogP contribution in [0.5, 0.6) is 5.75 Å². The third-order valence-corrected chi connectivity index (χ3v) is 4.22. The summed E-state index contributed by atoms with van der Waals surface area (Å²) in [6.07, 6.45) is 4.00. The van der Waals surface area contributed by atoms with Gasteiger partial charge in [0.25, 0.3) is 0 Å². The zero-order valence-electron chi connectivity index (χ0n) is 12.2. The molecule has 0 heterocycles. The molecule has 0 amide bonds. The van der Waals surface area contributed by atoms with E-state index in [9.17, 15) is 5.11 Å². The van der Waals surface area contributed by atoms with Gasteiger partial charge in [-0.1, -0.05) is 31.1 Å². The van der Waals surface area contributed by atoms with Gasteiger partial charge in [0, 0.05) is 11.1 Å². The number of hydrogen-bond donors (Lipinski definition) is 2. The Balaban J connectivity index is 2.22. The van der Waals surface area contributed by atoms with Gasteiger partial charge in [-0.25, -0.2) is 0 Å². The van der Waals surface area contributed by atoms with Crippen LogP contribution in [0.2, 0.25) is 0 Å². The Hall–Kier alpha value is -1.55. The number of benzene rings is 1. The van der Waals surface area contributed by atoms with E-state index in [2.05, 4.69) is 5.16 Å². The summed E-state index contributed by atoms with van der Waals surface area (Å²) in [5.74, 6) is 0.795. The van der Waals surface area contributed by atoms with Crippen molar-refractivity contribution in [2.75, 3.05) is 6.61 Å². The van der Waals surface area contributed by atoms with Gasteiger partial charge in [0.15, 0.2) is 0 Å². The monoisotopic (exact) mass is 277 g/mol. The summed E-state index contributed by atoms with van der Waals surface area (Å²) in [7, 11) is 0. The van der Waals surface area contributed by atoms with Gasteiger partial charge in [-0.3, -0.25) is 0 Å². The van der Waals surface area contributed by atoms with E-state index >= 15 is 0 Å². The normalized spacial score (nSPS) is 17.1. The second kappa shape index (κ2) is 6.27. The fraction of sp³-hybridized carbons (Fsp3) is 0.562. The molecule has 0 aromatic heterocycles. The molecule has 0 aliphatic heterocycles. The van der Waals surface area contributed by atoms with Crippen molar-refractivity contribution in [3.05, 3.63) is 29.3 Å². The summed E-state index contributed by atoms with van der Waals surface area (Å²) in [6, 6.07) is 5.79. The van der Waals surface area contributed by atoms with Gasteiger partial charge in [-0.05, 0) is 38.2 Å². The van der Waals surface area contributed by atoms with Crippen molar-refractivity contribution in [1.82, 2.24) is 0 Å². The van der Waals surface area contributed by atoms with Gasteiger partial charge in [-0.2, -0.15) is 0 Å². The van der Waals surface area contributed by atoms with Crippen LogP contribution in [0.25, 0.3) is 0 Å². The fourth-order valence-corrected chi connectivity index (χ4v) is 2.57. The minimum atomic E-state index is -0.773. The topological polar surface area (TPSA) is 62.0 Å². The van der Waals surface area contributed by atoms with Gasteiger partial charge < -0.3 is 15.1 Å². The molecule has 110 valence electrons. The van der Waals surface area contributed by atoms with Crippen molar-refractivity contribution in [2.24, 2.45) is 5.16 Å². The largest absolute Gasteiger partial charge is 0.490 e. The van der Waals surface area contributed by atoms with E-state index in [1.54, 1.807) is 0 Å². The standard InChI is InChI=1S/C16H23NO3/c1-3-16(18,4-2)11-20-15-10-6-7-12-13(15)8-5-9-14(12)17-19/h6-7,10,18-19H,3-5,8-9,11H2,1-2H3/b17-14+. The van der Waals surface area contributed by atoms with Crippen molar-refractivity contribution < 1.29 is 15.1 Å². The lowest BCUT2D eigenvalue weighted by atomic mass is 9.89. The van der Waals surface area contributed by atoms with Crippen LogP contribution in [-0.2, 0) is 6.42 Å². The molecule has 0 fully saturated rings. The number of oxime groups is 1. The molecular formula is C16H23NO3. The number of nitrogens with zero attached hydrogens (tertiary/aromatic N) is 1. The smallest absolute Gasteiger partial charge is 0.123 e. The summed E-state index contributed by atoms with van der Waals surface area (Å²) in [6.45, 7) is 4.22. The van der Waals surface area contributed by atoms with E-state index in [0.29, 0.717) is 19.4 Å². The fourth-order valence-electron chi connectivity index (χ4n) is 2.57. The van der Waals surface area contributed by atoms with E-state index in [1.165, 1.54) is 0 Å². The number of rotatable bonds is 5. The highest BCUT2D eigenvalue weighted by molar-refractivity contribution is 6.02. The van der Waals surface area contributed by atoms with Crippen molar-refractivity contribution in [1.29, 1.82) is 0 Å². The van der Waals surface area contributed by atoms with Crippen LogP contribution >= 0.6 is 0 Å². The maximum Gasteiger partial charge on any atom is 0.123 e. The first-order valence-corrected chi connectivity index (χ1v) is 7.32. The summed E-state index contributed by atoms with van der Waals surface area (Å²) in [5.41, 5.74) is 2.00. The summed E-state index contributed by atoms with van der Waals surface area (Å²) >= 11 is 0. The Labute approximate surface area is 120 Å². The van der Waals surface area contributed by atoms with Crippen LogP contribution in [0.1, 0.15) is 50.7 Å². The first kappa shape index (κ1) is 14.9. The summed E-state index contributed by atoms with van der Waals surface area (Å²) in [5, 5.41) is 22.8. The molecule has 0 radical (unpaired) electrons. The zero-order chi connectivity index (χ0) is 14.6. The molecule has 0 bridgehead atoms. The molecular weight excluding hydrogens is 254 g/mol. The third-order valence-electron chi connectivity index (χ3n) is 4.22. The van der Waals surface area contributed by atoms with E-state index in [4.69, 9.17) is 9.94 Å². The van der Waals surface area contributed by atoms with E-state index < -0.39 is 5.60 Å². The maximum absolute atomic E-state index is 10.3. The predicted octanol–water partition coefficient (Wildman–Crippen LogP) is 3.13. The quantitative estimate of drug-likeness (QED) is 0.642. The molecule has 1 aromatic carbocycles. The van der Waals surface area contributed by atoms with Crippen LogP contribution in [0.15, 0.2) is 23.4 Å². The van der Waals surface area contributed by atoms with Crippen LogP contribution in [0.3, 0.4) is 0 Å². The molecule has 1 aromatic rings. The molecule has 0 atom stereocenters. The van der Waals surface area contributed by atoms with E-state index in [0.717, 1.165) is 41.9 Å². The van der Waals surface area contributed by atoms with Crippen LogP contribution < -0.4 is 4.74 Å². The lowest BCUT2D eigenvalue weighted by Crippen LogP contribution is -2.34. The Bertz CT molecular complexity index is 492. The Morgan fingerprint density at radius 1 is 1.25 bits per heavy atom. The molecule has 0 saturated carbocycles. The molecule has 1 aliphatic rings. The van der Waals surface area contributed by atoms with Crippen LogP contribution in [0, 0.1) is 0 Å². The molecule has 0 unspecified atom stereocenters. The van der Waals surface area contributed by atoms with Gasteiger partial charge in [0.2, 0.25) is 0 Å². The minimum absolute atomic E-state index is 0.294. The van der Waals surface area contributed by atoms with E-state index in [-0.39, 0.29) is 0 Å². The Morgan fingerprint density at radius 3 is 2.65 bits per heavy atom. The lowest BCUT2D eigenvalue weighted by molar-refractivity contribution is -0.0116. The Kier molecular flexibility index (Phi) is 4.65. The highest BCUT2D eigenvalue weighted by Crippen LogP contribution is 2.31. The molecule has 2 N–H and O–H groups in total. The number of fused-ring (bicyclic) bond motifs is 1. The summed E-state index contributed by atoms with van der Waals surface area (Å²) in [4.78, 5) is 0. The predicted molar refractivity (Wildman–Crippen MR) is 78.7 cm³/mol. The molecule has 0 spiro atoms. The van der Waals surface area contributed by atoms with Gasteiger partial charge in [0.05, 0.1) is 11.3 Å². The third kappa shape index (κ3) is 2.96. The van der Waals surface area contributed by atoms with Crippen molar-refractivity contribution in [3.8, 4) is 5.75 Å². The lowest BCUT2D eigenvalue weighted by Gasteiger charge is -2.27. The molecule has 2 rings (SSSR count). The highest BCUT2D eigenvalue weighted by atomic mass is 16.5. The van der Waals surface area contributed by atoms with Crippen molar-refractivity contribution >= 4 is 5.71 Å². The van der Waals surface area contributed by atoms with Gasteiger partial charge >= 0.3 is 0 Å². The average molecular weight is 277 g/mol. The minimum Gasteiger partial charge on any atom is -0.490 e. The highest BCUT2D eigenvalue weighted by Gasteiger charge is 2.25. The second-order valence-electron chi connectivity index (χ2n) is 5.40. The second-order valence-corrected chi connectivity index (χ2v) is 5.40. The SMILES string of the molecule is CCC(O)(CC)COc1cccc2c1CCC/C2=N\O. The first-order valence-electron chi connectivity index (χ1n) is 7.32. The number of aliphatic hydroxyl groups is 1. The van der Waals surface area contributed by atoms with Crippen molar-refractivity contribution in [3.63, 3.8) is 0 Å². The zero-order valence-corrected chi connectivity index (χ0v) is 12.2. The van der Waals surface area contributed by atoms with Gasteiger partial charge in [-0.15, -0.1) is 0 Å². The van der Waals surface area contributed by atoms with Crippen LogP contribution in [-0.4, -0.2) is 28.2 Å². The van der Waals surface area contributed by atoms with Gasteiger partial charge in [0.1, 0.15) is 12.4 Å². The maximum atomic E-state index is 10.3.